The number of alkyl halides is 3. The van der Waals surface area contributed by atoms with Gasteiger partial charge in [-0.15, -0.1) is 0 Å². The van der Waals surface area contributed by atoms with Crippen LogP contribution in [0.15, 0.2) is 51.8 Å². The van der Waals surface area contributed by atoms with E-state index in [0.29, 0.717) is 5.56 Å². The van der Waals surface area contributed by atoms with Crippen LogP contribution >= 0.6 is 0 Å². The molecule has 0 aliphatic carbocycles. The van der Waals surface area contributed by atoms with E-state index in [0.717, 1.165) is 18.2 Å². The van der Waals surface area contributed by atoms with Crippen molar-refractivity contribution in [1.29, 1.82) is 0 Å². The molecule has 0 fully saturated rings. The van der Waals surface area contributed by atoms with Gasteiger partial charge in [0.1, 0.15) is 11.3 Å². The van der Waals surface area contributed by atoms with Gasteiger partial charge in [0.05, 0.1) is 4.92 Å². The highest BCUT2D eigenvalue weighted by Gasteiger charge is 2.29. The summed E-state index contributed by atoms with van der Waals surface area (Å²) in [5.41, 5.74) is -0.573. The van der Waals surface area contributed by atoms with Crippen molar-refractivity contribution in [3.8, 4) is 17.1 Å². The average molecular weight is 424 g/mol. The van der Waals surface area contributed by atoms with Crippen LogP contribution in [0.2, 0.25) is 0 Å². The summed E-state index contributed by atoms with van der Waals surface area (Å²) in [6.45, 7) is -1.62. The van der Waals surface area contributed by atoms with Gasteiger partial charge in [-0.05, 0) is 24.3 Å². The maximum atomic E-state index is 12.6. The van der Waals surface area contributed by atoms with E-state index in [9.17, 15) is 32.9 Å². The number of H-pyrrole nitrogens is 1. The predicted octanol–water partition coefficient (Wildman–Crippen LogP) is 3.13. The van der Waals surface area contributed by atoms with Gasteiger partial charge in [-0.25, -0.2) is 4.79 Å². The predicted molar refractivity (Wildman–Crippen MR) is 95.2 cm³/mol. The van der Waals surface area contributed by atoms with Crippen molar-refractivity contribution in [3.05, 3.63) is 68.7 Å². The zero-order valence-corrected chi connectivity index (χ0v) is 14.7. The third kappa shape index (κ3) is 5.01. The topological polar surface area (TPSA) is 140 Å². The second-order valence-electron chi connectivity index (χ2n) is 5.82. The SMILES string of the molecule is O=C(Nc1cccc(-c2noc(=O)[nH]2)c1)c1cc(OCC(F)(F)F)ccc1[N+](=O)[O-]. The summed E-state index contributed by atoms with van der Waals surface area (Å²) < 4.78 is 45.9. The molecule has 0 atom stereocenters. The van der Waals surface area contributed by atoms with Gasteiger partial charge in [0.15, 0.2) is 12.4 Å². The van der Waals surface area contributed by atoms with Crippen molar-refractivity contribution in [2.24, 2.45) is 0 Å². The zero-order chi connectivity index (χ0) is 21.9. The lowest BCUT2D eigenvalue weighted by atomic mass is 10.1. The highest BCUT2D eigenvalue weighted by atomic mass is 19.4. The lowest BCUT2D eigenvalue weighted by Gasteiger charge is -2.11. The lowest BCUT2D eigenvalue weighted by molar-refractivity contribution is -0.385. The minimum Gasteiger partial charge on any atom is -0.484 e. The molecular weight excluding hydrogens is 413 g/mol. The summed E-state index contributed by atoms with van der Waals surface area (Å²) in [4.78, 5) is 36.3. The molecule has 30 heavy (non-hydrogen) atoms. The first kappa shape index (κ1) is 20.6. The number of benzene rings is 2. The van der Waals surface area contributed by atoms with E-state index in [2.05, 4.69) is 24.7 Å². The molecule has 156 valence electrons. The smallest absolute Gasteiger partial charge is 0.439 e. The average Bonchev–Trinajstić information content (AvgIpc) is 3.12. The van der Waals surface area contributed by atoms with Crippen LogP contribution in [0.5, 0.6) is 5.75 Å². The number of ether oxygens (including phenoxy) is 1. The number of aromatic nitrogens is 2. The Morgan fingerprint density at radius 1 is 1.27 bits per heavy atom. The van der Waals surface area contributed by atoms with Crippen molar-refractivity contribution in [3.63, 3.8) is 0 Å². The second kappa shape index (κ2) is 8.06. The molecular formula is C17H11F3N4O6. The number of hydrogen-bond donors (Lipinski definition) is 2. The molecule has 1 amide bonds. The molecule has 0 saturated heterocycles. The molecule has 2 aromatic carbocycles. The maximum Gasteiger partial charge on any atom is 0.439 e. The van der Waals surface area contributed by atoms with Gasteiger partial charge >= 0.3 is 11.9 Å². The van der Waals surface area contributed by atoms with Gasteiger partial charge in [0.2, 0.25) is 0 Å². The van der Waals surface area contributed by atoms with E-state index in [1.54, 1.807) is 6.07 Å². The van der Waals surface area contributed by atoms with Gasteiger partial charge in [-0.1, -0.05) is 17.3 Å². The van der Waals surface area contributed by atoms with Crippen molar-refractivity contribution < 1.29 is 32.1 Å². The van der Waals surface area contributed by atoms with Crippen LogP contribution in [0.1, 0.15) is 10.4 Å². The molecule has 2 N–H and O–H groups in total. The highest BCUT2D eigenvalue weighted by Crippen LogP contribution is 2.27. The van der Waals surface area contributed by atoms with Gasteiger partial charge in [0.25, 0.3) is 11.6 Å². The van der Waals surface area contributed by atoms with Crippen molar-refractivity contribution >= 4 is 17.3 Å². The molecule has 1 aromatic heterocycles. The number of carbonyl (C=O) groups is 1. The molecule has 0 unspecified atom stereocenters. The van der Waals surface area contributed by atoms with Crippen LogP contribution in [-0.4, -0.2) is 33.8 Å². The van der Waals surface area contributed by atoms with Crippen molar-refractivity contribution in [2.75, 3.05) is 11.9 Å². The Hall–Kier alpha value is -4.16. The summed E-state index contributed by atoms with van der Waals surface area (Å²) in [6.07, 6.45) is -4.62. The van der Waals surface area contributed by atoms with E-state index in [1.807, 2.05) is 0 Å². The Balaban J connectivity index is 1.86. The maximum absolute atomic E-state index is 12.6. The molecule has 0 aliphatic heterocycles. The van der Waals surface area contributed by atoms with Gasteiger partial charge < -0.3 is 10.1 Å². The standard InChI is InChI=1S/C17H11F3N4O6/c18-17(19,20)8-29-11-4-5-13(24(27)28)12(7-11)15(25)21-10-3-1-2-9(6-10)14-22-16(26)30-23-14/h1-7H,8H2,(H,21,25)(H,22,23,26). The number of anilines is 1. The molecule has 0 aliphatic rings. The highest BCUT2D eigenvalue weighted by molar-refractivity contribution is 6.07. The summed E-state index contributed by atoms with van der Waals surface area (Å²) in [6, 6.07) is 8.60. The van der Waals surface area contributed by atoms with Crippen LogP contribution in [0.25, 0.3) is 11.4 Å². The van der Waals surface area contributed by atoms with Gasteiger partial charge in [-0.3, -0.25) is 24.4 Å². The normalized spacial score (nSPS) is 11.2. The summed E-state index contributed by atoms with van der Waals surface area (Å²) in [5.74, 6) is -2.02. The number of nitro groups is 1. The van der Waals surface area contributed by atoms with Crippen LogP contribution in [0.4, 0.5) is 24.5 Å². The molecule has 0 bridgehead atoms. The van der Waals surface area contributed by atoms with Crippen LogP contribution in [-0.2, 0) is 0 Å². The summed E-state index contributed by atoms with van der Waals surface area (Å²) in [7, 11) is 0. The minimum atomic E-state index is -4.62. The lowest BCUT2D eigenvalue weighted by Crippen LogP contribution is -2.20. The third-order valence-corrected chi connectivity index (χ3v) is 3.65. The molecule has 1 heterocycles. The first-order valence-corrected chi connectivity index (χ1v) is 8.08. The van der Waals surface area contributed by atoms with E-state index in [1.165, 1.54) is 18.2 Å². The van der Waals surface area contributed by atoms with Crippen molar-refractivity contribution in [1.82, 2.24) is 10.1 Å². The summed E-state index contributed by atoms with van der Waals surface area (Å²) in [5, 5.41) is 17.1. The Morgan fingerprint density at radius 3 is 2.67 bits per heavy atom. The van der Waals surface area contributed by atoms with E-state index in [-0.39, 0.29) is 17.3 Å². The number of carbonyl (C=O) groups excluding carboxylic acids is 1. The second-order valence-corrected chi connectivity index (χ2v) is 5.82. The molecule has 10 nitrogen and oxygen atoms in total. The molecule has 13 heteroatoms. The molecule has 3 rings (SSSR count). The number of amides is 1. The number of halogens is 3. The van der Waals surface area contributed by atoms with Crippen LogP contribution in [0, 0.1) is 10.1 Å². The van der Waals surface area contributed by atoms with Crippen molar-refractivity contribution in [2.45, 2.75) is 6.18 Å². The molecule has 0 radical (unpaired) electrons. The molecule has 0 spiro atoms. The Labute approximate surface area is 164 Å². The van der Waals surface area contributed by atoms with E-state index in [4.69, 9.17) is 0 Å². The Bertz CT molecular complexity index is 1150. The largest absolute Gasteiger partial charge is 0.484 e. The van der Waals surface area contributed by atoms with E-state index < -0.39 is 40.6 Å². The fourth-order valence-electron chi connectivity index (χ4n) is 2.41. The number of rotatable bonds is 6. The number of nitrogens with zero attached hydrogens (tertiary/aromatic N) is 2. The van der Waals surface area contributed by atoms with Crippen LogP contribution < -0.4 is 15.8 Å². The quantitative estimate of drug-likeness (QED) is 0.457. The number of nitro benzene ring substituents is 1. The first-order chi connectivity index (χ1) is 14.1. The Kier molecular flexibility index (Phi) is 5.53. The minimum absolute atomic E-state index is 0.0876. The first-order valence-electron chi connectivity index (χ1n) is 8.08. The Morgan fingerprint density at radius 2 is 2.03 bits per heavy atom. The number of nitrogens with one attached hydrogen (secondary N) is 2. The van der Waals surface area contributed by atoms with E-state index >= 15 is 0 Å². The molecule has 3 aromatic rings. The summed E-state index contributed by atoms with van der Waals surface area (Å²) >= 11 is 0. The zero-order valence-electron chi connectivity index (χ0n) is 14.7. The third-order valence-electron chi connectivity index (χ3n) is 3.65. The number of hydrogen-bond acceptors (Lipinski definition) is 7. The molecule has 0 saturated carbocycles. The number of aromatic amines is 1. The van der Waals surface area contributed by atoms with Gasteiger partial charge in [0, 0.05) is 17.3 Å². The van der Waals surface area contributed by atoms with Gasteiger partial charge in [-0.2, -0.15) is 13.2 Å². The fraction of sp³-hybridized carbons (Fsp3) is 0.118. The fourth-order valence-corrected chi connectivity index (χ4v) is 2.41. The van der Waals surface area contributed by atoms with Crippen LogP contribution in [0.3, 0.4) is 0 Å². The monoisotopic (exact) mass is 424 g/mol.